The van der Waals surface area contributed by atoms with Crippen LogP contribution >= 0.6 is 0 Å². The summed E-state index contributed by atoms with van der Waals surface area (Å²) in [6.07, 6.45) is 5.40. The summed E-state index contributed by atoms with van der Waals surface area (Å²) in [5, 5.41) is 0. The highest BCUT2D eigenvalue weighted by Crippen LogP contribution is 2.45. The van der Waals surface area contributed by atoms with Gasteiger partial charge in [-0.15, -0.1) is 0 Å². The van der Waals surface area contributed by atoms with Crippen molar-refractivity contribution in [3.05, 3.63) is 47.0 Å². The van der Waals surface area contributed by atoms with E-state index in [2.05, 4.69) is 14.9 Å². The molecule has 0 N–H and O–H groups in total. The smallest absolute Gasteiger partial charge is 0.127 e. The average molecular weight is 325 g/mol. The van der Waals surface area contributed by atoms with Crippen LogP contribution in [-0.4, -0.2) is 35.1 Å². The Balaban J connectivity index is 1.69. The maximum atomic E-state index is 5.57. The Bertz CT molecular complexity index is 740. The Morgan fingerprint density at radius 2 is 1.92 bits per heavy atom. The van der Waals surface area contributed by atoms with E-state index in [1.165, 1.54) is 24.1 Å². The lowest BCUT2D eigenvalue weighted by molar-refractivity contribution is 0.162. The van der Waals surface area contributed by atoms with Gasteiger partial charge in [0, 0.05) is 36.8 Å². The Labute approximate surface area is 142 Å². The molecule has 0 amide bonds. The fourth-order valence-corrected chi connectivity index (χ4v) is 4.19. The van der Waals surface area contributed by atoms with E-state index in [-0.39, 0.29) is 0 Å². The van der Waals surface area contributed by atoms with Crippen molar-refractivity contribution in [1.29, 1.82) is 0 Å². The van der Waals surface area contributed by atoms with Gasteiger partial charge in [-0.2, -0.15) is 0 Å². The number of benzene rings is 1. The van der Waals surface area contributed by atoms with Crippen LogP contribution in [0.4, 0.5) is 0 Å². The van der Waals surface area contributed by atoms with Crippen molar-refractivity contribution in [1.82, 2.24) is 14.9 Å². The van der Waals surface area contributed by atoms with Crippen molar-refractivity contribution in [3.63, 3.8) is 0 Å². The number of ether oxygens (including phenoxy) is 2. The van der Waals surface area contributed by atoms with Crippen LogP contribution in [0.25, 0.3) is 0 Å². The molecule has 1 fully saturated rings. The molecule has 3 heterocycles. The predicted molar refractivity (Wildman–Crippen MR) is 91.3 cm³/mol. The highest BCUT2D eigenvalue weighted by Gasteiger charge is 2.41. The van der Waals surface area contributed by atoms with Crippen molar-refractivity contribution in [2.24, 2.45) is 0 Å². The van der Waals surface area contributed by atoms with Crippen molar-refractivity contribution >= 4 is 0 Å². The molecule has 0 aliphatic carbocycles. The first kappa shape index (κ1) is 15.4. The van der Waals surface area contributed by atoms with Gasteiger partial charge in [-0.25, -0.2) is 9.97 Å². The monoisotopic (exact) mass is 325 g/mol. The second-order valence-electron chi connectivity index (χ2n) is 6.58. The molecule has 2 atom stereocenters. The molecule has 1 aromatic carbocycles. The van der Waals surface area contributed by atoms with E-state index in [0.29, 0.717) is 12.1 Å². The molecule has 24 heavy (non-hydrogen) atoms. The second-order valence-corrected chi connectivity index (χ2v) is 6.58. The zero-order valence-electron chi connectivity index (χ0n) is 14.5. The Hall–Kier alpha value is -2.14. The Morgan fingerprint density at radius 3 is 2.62 bits per heavy atom. The molecule has 5 heteroatoms. The van der Waals surface area contributed by atoms with Gasteiger partial charge in [0.05, 0.1) is 25.5 Å². The number of fused-ring (bicyclic) bond motifs is 4. The van der Waals surface area contributed by atoms with Gasteiger partial charge in [0.15, 0.2) is 0 Å². The molecule has 4 rings (SSSR count). The number of rotatable bonds is 4. The first-order valence-corrected chi connectivity index (χ1v) is 8.49. The molecule has 5 nitrogen and oxygen atoms in total. The number of hydrogen-bond donors (Lipinski definition) is 0. The van der Waals surface area contributed by atoms with Crippen LogP contribution in [0.3, 0.4) is 0 Å². The molecule has 1 aromatic heterocycles. The predicted octanol–water partition coefficient (Wildman–Crippen LogP) is 3.06. The summed E-state index contributed by atoms with van der Waals surface area (Å²) in [4.78, 5) is 11.7. The summed E-state index contributed by atoms with van der Waals surface area (Å²) < 4.78 is 11.1. The third-order valence-corrected chi connectivity index (χ3v) is 5.32. The lowest BCUT2D eigenvalue weighted by atomic mass is 9.98. The number of methoxy groups -OCH3 is 2. The molecular formula is C19H23N3O2. The molecule has 126 valence electrons. The fourth-order valence-electron chi connectivity index (χ4n) is 4.19. The molecule has 0 spiro atoms. The minimum absolute atomic E-state index is 0.397. The third kappa shape index (κ3) is 2.44. The van der Waals surface area contributed by atoms with Crippen LogP contribution in [0.1, 0.15) is 41.5 Å². The summed E-state index contributed by atoms with van der Waals surface area (Å²) >= 11 is 0. The van der Waals surface area contributed by atoms with E-state index in [9.17, 15) is 0 Å². The minimum Gasteiger partial charge on any atom is -0.496 e. The van der Waals surface area contributed by atoms with E-state index in [1.54, 1.807) is 14.2 Å². The fraction of sp³-hybridized carbons (Fsp3) is 0.474. The van der Waals surface area contributed by atoms with E-state index in [1.807, 2.05) is 31.3 Å². The van der Waals surface area contributed by atoms with E-state index < -0.39 is 0 Å². The topological polar surface area (TPSA) is 47.5 Å². The van der Waals surface area contributed by atoms with Gasteiger partial charge < -0.3 is 9.47 Å². The van der Waals surface area contributed by atoms with Crippen LogP contribution < -0.4 is 9.47 Å². The van der Waals surface area contributed by atoms with Crippen LogP contribution in [0.2, 0.25) is 0 Å². The quantitative estimate of drug-likeness (QED) is 0.864. The number of hydrogen-bond acceptors (Lipinski definition) is 5. The number of nitrogens with zero attached hydrogens (tertiary/aromatic N) is 3. The summed E-state index contributed by atoms with van der Waals surface area (Å²) in [5.41, 5.74) is 3.65. The minimum atomic E-state index is 0.397. The molecular weight excluding hydrogens is 302 g/mol. The zero-order chi connectivity index (χ0) is 16.7. The van der Waals surface area contributed by atoms with E-state index >= 15 is 0 Å². The molecule has 2 aliphatic rings. The van der Waals surface area contributed by atoms with Crippen LogP contribution in [0, 0.1) is 6.92 Å². The molecule has 0 saturated carbocycles. The molecule has 2 unspecified atom stereocenters. The molecule has 2 aromatic rings. The summed E-state index contributed by atoms with van der Waals surface area (Å²) in [5.74, 6) is 2.65. The standard InChI is InChI=1S/C19H23N3O2/c1-12-20-10-14-16(21-12)9-13-7-8-17(14)22(13)11-15-18(23-2)5-4-6-19(15)24-3/h4-6,10,13,17H,7-9,11H2,1-3H3. The van der Waals surface area contributed by atoms with Gasteiger partial charge >= 0.3 is 0 Å². The SMILES string of the molecule is COc1cccc(OC)c1CN1C2CCC1c1cnc(C)nc1C2. The van der Waals surface area contributed by atoms with Gasteiger partial charge in [0.1, 0.15) is 17.3 Å². The largest absolute Gasteiger partial charge is 0.496 e. The van der Waals surface area contributed by atoms with Crippen LogP contribution in [0.15, 0.2) is 24.4 Å². The maximum absolute atomic E-state index is 5.57. The second kappa shape index (κ2) is 6.06. The molecule has 2 bridgehead atoms. The Morgan fingerprint density at radius 1 is 1.17 bits per heavy atom. The van der Waals surface area contributed by atoms with Gasteiger partial charge in [0.25, 0.3) is 0 Å². The summed E-state index contributed by atoms with van der Waals surface area (Å²) in [7, 11) is 3.43. The third-order valence-electron chi connectivity index (χ3n) is 5.32. The Kier molecular flexibility index (Phi) is 3.88. The summed E-state index contributed by atoms with van der Waals surface area (Å²) in [6, 6.07) is 6.91. The normalized spacial score (nSPS) is 22.3. The van der Waals surface area contributed by atoms with Gasteiger partial charge in [-0.1, -0.05) is 6.07 Å². The lowest BCUT2D eigenvalue weighted by Gasteiger charge is -2.36. The molecule has 1 saturated heterocycles. The van der Waals surface area contributed by atoms with Crippen molar-refractivity contribution in [3.8, 4) is 11.5 Å². The van der Waals surface area contributed by atoms with Crippen molar-refractivity contribution in [2.45, 2.75) is 44.8 Å². The van der Waals surface area contributed by atoms with Gasteiger partial charge in [-0.05, 0) is 31.9 Å². The molecule has 0 radical (unpaired) electrons. The van der Waals surface area contributed by atoms with Gasteiger partial charge in [-0.3, -0.25) is 4.90 Å². The average Bonchev–Trinajstić information content (AvgIpc) is 2.87. The molecule has 2 aliphatic heterocycles. The van der Waals surface area contributed by atoms with E-state index in [0.717, 1.165) is 35.9 Å². The van der Waals surface area contributed by atoms with Crippen molar-refractivity contribution < 1.29 is 9.47 Å². The zero-order valence-corrected chi connectivity index (χ0v) is 14.5. The highest BCUT2D eigenvalue weighted by molar-refractivity contribution is 5.45. The first-order chi connectivity index (χ1) is 11.7. The number of aromatic nitrogens is 2. The number of aryl methyl sites for hydroxylation is 1. The van der Waals surface area contributed by atoms with Crippen molar-refractivity contribution in [2.75, 3.05) is 14.2 Å². The lowest BCUT2D eigenvalue weighted by Crippen LogP contribution is -2.37. The van der Waals surface area contributed by atoms with Gasteiger partial charge in [0.2, 0.25) is 0 Å². The van der Waals surface area contributed by atoms with Crippen LogP contribution in [0.5, 0.6) is 11.5 Å². The van der Waals surface area contributed by atoms with Crippen LogP contribution in [-0.2, 0) is 13.0 Å². The van der Waals surface area contributed by atoms with E-state index in [4.69, 9.17) is 9.47 Å². The summed E-state index contributed by atoms with van der Waals surface area (Å²) in [6.45, 7) is 2.80. The first-order valence-electron chi connectivity index (χ1n) is 8.49. The highest BCUT2D eigenvalue weighted by atomic mass is 16.5. The maximum Gasteiger partial charge on any atom is 0.127 e.